The van der Waals surface area contributed by atoms with E-state index in [0.29, 0.717) is 6.61 Å². The molecule has 0 aliphatic carbocycles. The third kappa shape index (κ3) is 5.90. The quantitative estimate of drug-likeness (QED) is 0.349. The summed E-state index contributed by atoms with van der Waals surface area (Å²) in [5, 5.41) is 0. The van der Waals surface area contributed by atoms with Crippen LogP contribution in [0.2, 0.25) is 0 Å². The highest BCUT2D eigenvalue weighted by atomic mass is 32.3. The molecule has 1 heterocycles. The SMILES string of the molecule is CCCOc1c(-c2ccccc2)n(C)[n+](C)c1-c1ccccc1.COS(=O)(=O)[O-]. The first kappa shape index (κ1) is 22.6. The van der Waals surface area contributed by atoms with E-state index in [0.717, 1.165) is 30.7 Å². The molecular weight excluding hydrogens is 392 g/mol. The average molecular weight is 419 g/mol. The number of aromatic nitrogens is 2. The molecule has 0 N–H and O–H groups in total. The van der Waals surface area contributed by atoms with E-state index in [1.807, 2.05) is 12.1 Å². The maximum atomic E-state index is 9.22. The minimum absolute atomic E-state index is 0.712. The topological polar surface area (TPSA) is 84.5 Å². The van der Waals surface area contributed by atoms with Crippen molar-refractivity contribution >= 4 is 10.4 Å². The van der Waals surface area contributed by atoms with Crippen LogP contribution >= 0.6 is 0 Å². The summed E-state index contributed by atoms with van der Waals surface area (Å²) in [6, 6.07) is 20.8. The lowest BCUT2D eigenvalue weighted by atomic mass is 10.1. The van der Waals surface area contributed by atoms with Crippen LogP contribution in [0.1, 0.15) is 13.3 Å². The lowest BCUT2D eigenvalue weighted by molar-refractivity contribution is -0.740. The van der Waals surface area contributed by atoms with Gasteiger partial charge in [-0.3, -0.25) is 4.18 Å². The molecule has 0 saturated carbocycles. The Hall–Kier alpha value is -2.68. The first-order valence-electron chi connectivity index (χ1n) is 9.14. The van der Waals surface area contributed by atoms with Gasteiger partial charge in [-0.2, -0.15) is 4.68 Å². The van der Waals surface area contributed by atoms with Gasteiger partial charge in [-0.15, -0.1) is 4.68 Å². The predicted octanol–water partition coefficient (Wildman–Crippen LogP) is 3.07. The number of ether oxygens (including phenoxy) is 1. The zero-order valence-corrected chi connectivity index (χ0v) is 17.8. The Bertz CT molecular complexity index is 953. The van der Waals surface area contributed by atoms with Crippen molar-refractivity contribution in [2.45, 2.75) is 13.3 Å². The van der Waals surface area contributed by atoms with Crippen molar-refractivity contribution < 1.29 is 26.6 Å². The largest absolute Gasteiger partial charge is 0.726 e. The molecule has 8 heteroatoms. The number of nitrogens with zero attached hydrogens (tertiary/aromatic N) is 2. The van der Waals surface area contributed by atoms with Crippen LogP contribution in [0, 0.1) is 0 Å². The van der Waals surface area contributed by atoms with Crippen LogP contribution in [0.5, 0.6) is 5.75 Å². The van der Waals surface area contributed by atoms with Gasteiger partial charge in [0.15, 0.2) is 12.7 Å². The van der Waals surface area contributed by atoms with Gasteiger partial charge in [0.2, 0.25) is 16.1 Å². The molecule has 3 aromatic rings. The minimum Gasteiger partial charge on any atom is -0.726 e. The first-order valence-corrected chi connectivity index (χ1v) is 10.5. The predicted molar refractivity (Wildman–Crippen MR) is 110 cm³/mol. The van der Waals surface area contributed by atoms with Gasteiger partial charge in [0, 0.05) is 5.56 Å². The Morgan fingerprint density at radius 1 is 1.00 bits per heavy atom. The molecule has 0 bridgehead atoms. The van der Waals surface area contributed by atoms with Crippen molar-refractivity contribution in [2.75, 3.05) is 13.7 Å². The number of hydrogen-bond acceptors (Lipinski definition) is 5. The first-order chi connectivity index (χ1) is 13.8. The van der Waals surface area contributed by atoms with Gasteiger partial charge < -0.3 is 9.29 Å². The van der Waals surface area contributed by atoms with Gasteiger partial charge in [-0.05, 0) is 18.6 Å². The molecule has 0 unspecified atom stereocenters. The summed E-state index contributed by atoms with van der Waals surface area (Å²) in [4.78, 5) is 0. The summed E-state index contributed by atoms with van der Waals surface area (Å²) in [7, 11) is 0.550. The van der Waals surface area contributed by atoms with E-state index >= 15 is 0 Å². The molecule has 0 radical (unpaired) electrons. The van der Waals surface area contributed by atoms with Crippen LogP contribution in [0.3, 0.4) is 0 Å². The highest BCUT2D eigenvalue weighted by Gasteiger charge is 2.29. The molecule has 7 nitrogen and oxygen atoms in total. The van der Waals surface area contributed by atoms with Crippen molar-refractivity contribution in [1.82, 2.24) is 4.68 Å². The second kappa shape index (κ2) is 10.2. The third-order valence-electron chi connectivity index (χ3n) is 4.28. The molecule has 2 aromatic carbocycles. The minimum atomic E-state index is -4.41. The van der Waals surface area contributed by atoms with Crippen molar-refractivity contribution in [1.29, 1.82) is 0 Å². The molecule has 0 aliphatic heterocycles. The Morgan fingerprint density at radius 3 is 1.93 bits per heavy atom. The Kier molecular flexibility index (Phi) is 7.95. The van der Waals surface area contributed by atoms with Crippen molar-refractivity contribution in [3.05, 3.63) is 60.7 Å². The van der Waals surface area contributed by atoms with Gasteiger partial charge in [0.25, 0.3) is 5.69 Å². The van der Waals surface area contributed by atoms with Crippen LogP contribution in [0.15, 0.2) is 60.7 Å². The zero-order valence-electron chi connectivity index (χ0n) is 17.0. The fourth-order valence-electron chi connectivity index (χ4n) is 2.87. The van der Waals surface area contributed by atoms with Crippen molar-refractivity contribution in [2.24, 2.45) is 14.1 Å². The molecule has 3 rings (SSSR count). The van der Waals surface area contributed by atoms with Crippen molar-refractivity contribution in [3.63, 3.8) is 0 Å². The van der Waals surface area contributed by atoms with E-state index in [2.05, 4.69) is 83.1 Å². The van der Waals surface area contributed by atoms with Gasteiger partial charge in [-0.25, -0.2) is 8.42 Å². The van der Waals surface area contributed by atoms with E-state index in [1.165, 1.54) is 11.1 Å². The van der Waals surface area contributed by atoms with Crippen LogP contribution in [-0.4, -0.2) is 31.4 Å². The molecule has 0 aliphatic rings. The summed E-state index contributed by atoms with van der Waals surface area (Å²) < 4.78 is 41.5. The lowest BCUT2D eigenvalue weighted by Gasteiger charge is -2.06. The average Bonchev–Trinajstić information content (AvgIpc) is 2.97. The molecule has 0 amide bonds. The molecule has 29 heavy (non-hydrogen) atoms. The summed E-state index contributed by atoms with van der Waals surface area (Å²) in [6.45, 7) is 2.84. The number of rotatable bonds is 6. The van der Waals surface area contributed by atoms with Gasteiger partial charge in [-0.1, -0.05) is 55.5 Å². The highest BCUT2D eigenvalue weighted by Crippen LogP contribution is 2.37. The second-order valence-electron chi connectivity index (χ2n) is 6.23. The maximum Gasteiger partial charge on any atom is 0.280 e. The van der Waals surface area contributed by atoms with E-state index in [4.69, 9.17) is 4.74 Å². The van der Waals surface area contributed by atoms with Gasteiger partial charge in [0.05, 0.1) is 26.3 Å². The Labute approximate surface area is 172 Å². The number of benzene rings is 2. The smallest absolute Gasteiger partial charge is 0.280 e. The Morgan fingerprint density at radius 2 is 1.48 bits per heavy atom. The fourth-order valence-corrected chi connectivity index (χ4v) is 2.87. The van der Waals surface area contributed by atoms with E-state index in [-0.39, 0.29) is 0 Å². The standard InChI is InChI=1S/C20H23N2O.CH4O4S/c1-4-15-23-20-18(16-11-7-5-8-12-16)21(2)22(3)19(20)17-13-9-6-10-14-17;1-5-6(2,3)4/h5-14H,4,15H2,1-3H3;1H3,(H,2,3,4)/q+1;/p-1. The molecule has 0 spiro atoms. The lowest BCUT2D eigenvalue weighted by Crippen LogP contribution is -2.39. The molecule has 156 valence electrons. The highest BCUT2D eigenvalue weighted by molar-refractivity contribution is 7.80. The Balaban J connectivity index is 0.000000438. The molecule has 0 fully saturated rings. The van der Waals surface area contributed by atoms with Gasteiger partial charge in [0.1, 0.15) is 0 Å². The maximum absolute atomic E-state index is 9.22. The van der Waals surface area contributed by atoms with E-state index in [1.54, 1.807) is 0 Å². The van der Waals surface area contributed by atoms with E-state index < -0.39 is 10.4 Å². The number of hydrogen-bond donors (Lipinski definition) is 0. The van der Waals surface area contributed by atoms with E-state index in [9.17, 15) is 13.0 Å². The van der Waals surface area contributed by atoms with Crippen molar-refractivity contribution in [3.8, 4) is 28.3 Å². The summed E-state index contributed by atoms with van der Waals surface area (Å²) >= 11 is 0. The van der Waals surface area contributed by atoms with Crippen LogP contribution in [-0.2, 0) is 28.7 Å². The second-order valence-corrected chi connectivity index (χ2v) is 7.38. The van der Waals surface area contributed by atoms with Gasteiger partial charge >= 0.3 is 0 Å². The monoisotopic (exact) mass is 418 g/mol. The summed E-state index contributed by atoms with van der Waals surface area (Å²) in [6.07, 6.45) is 0.987. The fraction of sp³-hybridized carbons (Fsp3) is 0.286. The summed E-state index contributed by atoms with van der Waals surface area (Å²) in [5.41, 5.74) is 4.55. The van der Waals surface area contributed by atoms with Crippen LogP contribution in [0.4, 0.5) is 0 Å². The van der Waals surface area contributed by atoms with Crippen LogP contribution in [0.25, 0.3) is 22.5 Å². The molecule has 1 aromatic heterocycles. The zero-order chi connectivity index (χ0) is 21.4. The normalized spacial score (nSPS) is 10.9. The molecule has 0 saturated heterocycles. The molecule has 0 atom stereocenters. The third-order valence-corrected chi connectivity index (χ3v) is 4.68. The molecular formula is C21H26N2O5S. The van der Waals surface area contributed by atoms with Crippen LogP contribution < -0.4 is 9.42 Å². The summed E-state index contributed by atoms with van der Waals surface area (Å²) in [5.74, 6) is 0.953.